The predicted octanol–water partition coefficient (Wildman–Crippen LogP) is 0.218. The van der Waals surface area contributed by atoms with Gasteiger partial charge in [0.2, 0.25) is 5.91 Å². The van der Waals surface area contributed by atoms with Gasteiger partial charge in [0.15, 0.2) is 0 Å². The van der Waals surface area contributed by atoms with E-state index in [0.717, 1.165) is 11.5 Å². The standard InChI is InChI=1S/C9H20N2O2S/c1-4-14-6-7(2)11-9(12)8(10)5-13-3/h7-8H,4-6,10H2,1-3H3,(H,11,12). The number of hydrogen-bond donors (Lipinski definition) is 2. The Labute approximate surface area is 89.9 Å². The first kappa shape index (κ1) is 13.7. The van der Waals surface area contributed by atoms with Crippen LogP contribution in [0, 0.1) is 0 Å². The van der Waals surface area contributed by atoms with Crippen LogP contribution in [0.1, 0.15) is 13.8 Å². The molecule has 4 nitrogen and oxygen atoms in total. The van der Waals surface area contributed by atoms with Crippen LogP contribution < -0.4 is 11.1 Å². The van der Waals surface area contributed by atoms with Crippen molar-refractivity contribution in [3.05, 3.63) is 0 Å². The fourth-order valence-electron chi connectivity index (χ4n) is 0.941. The average Bonchev–Trinajstić information content (AvgIpc) is 2.15. The molecule has 5 heteroatoms. The molecule has 0 saturated heterocycles. The van der Waals surface area contributed by atoms with Gasteiger partial charge in [-0.1, -0.05) is 6.92 Å². The van der Waals surface area contributed by atoms with Crippen LogP contribution in [0.15, 0.2) is 0 Å². The number of carbonyl (C=O) groups excluding carboxylic acids is 1. The lowest BCUT2D eigenvalue weighted by Crippen LogP contribution is -2.47. The molecule has 0 aliphatic rings. The number of rotatable bonds is 7. The highest BCUT2D eigenvalue weighted by Gasteiger charge is 2.14. The molecule has 0 fully saturated rings. The van der Waals surface area contributed by atoms with Gasteiger partial charge in [0, 0.05) is 18.9 Å². The molecule has 0 aliphatic carbocycles. The van der Waals surface area contributed by atoms with Gasteiger partial charge in [-0.05, 0) is 12.7 Å². The lowest BCUT2D eigenvalue weighted by atomic mass is 10.3. The lowest BCUT2D eigenvalue weighted by molar-refractivity contribution is -0.123. The third kappa shape index (κ3) is 6.23. The highest BCUT2D eigenvalue weighted by Crippen LogP contribution is 2.01. The zero-order valence-electron chi connectivity index (χ0n) is 9.08. The van der Waals surface area contributed by atoms with Gasteiger partial charge in [-0.2, -0.15) is 11.8 Å². The molecule has 1 amide bonds. The molecule has 0 rings (SSSR count). The number of ether oxygens (including phenoxy) is 1. The van der Waals surface area contributed by atoms with Crippen molar-refractivity contribution in [1.29, 1.82) is 0 Å². The van der Waals surface area contributed by atoms with Gasteiger partial charge < -0.3 is 15.8 Å². The van der Waals surface area contributed by atoms with Crippen molar-refractivity contribution in [1.82, 2.24) is 5.32 Å². The molecule has 0 bridgehead atoms. The topological polar surface area (TPSA) is 64.4 Å². The molecule has 0 saturated carbocycles. The van der Waals surface area contributed by atoms with Crippen molar-refractivity contribution in [3.8, 4) is 0 Å². The second-order valence-corrected chi connectivity index (χ2v) is 4.45. The zero-order valence-corrected chi connectivity index (χ0v) is 9.89. The van der Waals surface area contributed by atoms with E-state index in [4.69, 9.17) is 10.5 Å². The SMILES string of the molecule is CCSCC(C)NC(=O)C(N)COC. The Bertz CT molecular complexity index is 167. The summed E-state index contributed by atoms with van der Waals surface area (Å²) in [7, 11) is 1.53. The molecule has 14 heavy (non-hydrogen) atoms. The molecule has 0 radical (unpaired) electrons. The Kier molecular flexibility index (Phi) is 7.93. The van der Waals surface area contributed by atoms with Gasteiger partial charge >= 0.3 is 0 Å². The fourth-order valence-corrected chi connectivity index (χ4v) is 1.61. The monoisotopic (exact) mass is 220 g/mol. The number of nitrogens with one attached hydrogen (secondary N) is 1. The van der Waals surface area contributed by atoms with E-state index in [1.54, 1.807) is 11.8 Å². The molecule has 2 atom stereocenters. The normalized spacial score (nSPS) is 14.9. The molecule has 0 aromatic carbocycles. The first-order valence-corrected chi connectivity index (χ1v) is 5.89. The van der Waals surface area contributed by atoms with E-state index in [1.807, 2.05) is 6.92 Å². The van der Waals surface area contributed by atoms with Crippen molar-refractivity contribution in [3.63, 3.8) is 0 Å². The van der Waals surface area contributed by atoms with Crippen LogP contribution in [0.5, 0.6) is 0 Å². The summed E-state index contributed by atoms with van der Waals surface area (Å²) in [5, 5.41) is 2.83. The lowest BCUT2D eigenvalue weighted by Gasteiger charge is -2.16. The average molecular weight is 220 g/mol. The van der Waals surface area contributed by atoms with E-state index < -0.39 is 6.04 Å². The molecule has 3 N–H and O–H groups in total. The van der Waals surface area contributed by atoms with Crippen molar-refractivity contribution < 1.29 is 9.53 Å². The number of methoxy groups -OCH3 is 1. The Morgan fingerprint density at radius 2 is 2.29 bits per heavy atom. The van der Waals surface area contributed by atoms with Crippen LogP contribution in [-0.4, -0.2) is 43.2 Å². The number of carbonyl (C=O) groups is 1. The van der Waals surface area contributed by atoms with E-state index in [-0.39, 0.29) is 18.6 Å². The van der Waals surface area contributed by atoms with E-state index in [9.17, 15) is 4.79 Å². The predicted molar refractivity (Wildman–Crippen MR) is 60.5 cm³/mol. The first-order valence-electron chi connectivity index (χ1n) is 4.74. The van der Waals surface area contributed by atoms with Crippen molar-refractivity contribution in [2.45, 2.75) is 25.9 Å². The van der Waals surface area contributed by atoms with E-state index >= 15 is 0 Å². The van der Waals surface area contributed by atoms with E-state index in [1.165, 1.54) is 7.11 Å². The Balaban J connectivity index is 3.69. The molecule has 0 aromatic heterocycles. The summed E-state index contributed by atoms with van der Waals surface area (Å²) in [6.45, 7) is 4.33. The summed E-state index contributed by atoms with van der Waals surface area (Å²) in [5.74, 6) is 1.84. The minimum atomic E-state index is -0.561. The number of hydrogen-bond acceptors (Lipinski definition) is 4. The Morgan fingerprint density at radius 3 is 2.79 bits per heavy atom. The smallest absolute Gasteiger partial charge is 0.239 e. The molecule has 0 aromatic rings. The Hall–Kier alpha value is -0.260. The summed E-state index contributed by atoms with van der Waals surface area (Å²) in [6, 6.07) is -0.399. The summed E-state index contributed by atoms with van der Waals surface area (Å²) < 4.78 is 4.80. The molecular weight excluding hydrogens is 200 g/mol. The van der Waals surface area contributed by atoms with Crippen molar-refractivity contribution in [2.75, 3.05) is 25.2 Å². The van der Waals surface area contributed by atoms with Crippen molar-refractivity contribution >= 4 is 17.7 Å². The summed E-state index contributed by atoms with van der Waals surface area (Å²) in [4.78, 5) is 11.4. The van der Waals surface area contributed by atoms with Gasteiger partial charge in [0.1, 0.15) is 6.04 Å². The van der Waals surface area contributed by atoms with E-state index in [2.05, 4.69) is 12.2 Å². The minimum Gasteiger partial charge on any atom is -0.383 e. The van der Waals surface area contributed by atoms with Gasteiger partial charge in [-0.3, -0.25) is 4.79 Å². The van der Waals surface area contributed by atoms with Crippen LogP contribution in [0.25, 0.3) is 0 Å². The van der Waals surface area contributed by atoms with Crippen LogP contribution in [0.3, 0.4) is 0 Å². The molecule has 84 valence electrons. The van der Waals surface area contributed by atoms with Gasteiger partial charge in [0.25, 0.3) is 0 Å². The summed E-state index contributed by atoms with van der Waals surface area (Å²) >= 11 is 1.80. The maximum Gasteiger partial charge on any atom is 0.239 e. The minimum absolute atomic E-state index is 0.143. The second kappa shape index (κ2) is 8.08. The number of nitrogens with two attached hydrogens (primary N) is 1. The summed E-state index contributed by atoms with van der Waals surface area (Å²) in [5.41, 5.74) is 5.56. The molecule has 0 spiro atoms. The Morgan fingerprint density at radius 1 is 1.64 bits per heavy atom. The van der Waals surface area contributed by atoms with E-state index in [0.29, 0.717) is 0 Å². The van der Waals surface area contributed by atoms with Crippen LogP contribution >= 0.6 is 11.8 Å². The second-order valence-electron chi connectivity index (χ2n) is 3.13. The molecular formula is C9H20N2O2S. The highest BCUT2D eigenvalue weighted by molar-refractivity contribution is 7.99. The highest BCUT2D eigenvalue weighted by atomic mass is 32.2. The molecule has 0 aliphatic heterocycles. The van der Waals surface area contributed by atoms with Gasteiger partial charge in [-0.25, -0.2) is 0 Å². The number of thioether (sulfide) groups is 1. The quantitative estimate of drug-likeness (QED) is 0.644. The first-order chi connectivity index (χ1) is 6.61. The maximum atomic E-state index is 11.4. The molecule has 2 unspecified atom stereocenters. The zero-order chi connectivity index (χ0) is 11.0. The van der Waals surface area contributed by atoms with Crippen molar-refractivity contribution in [2.24, 2.45) is 5.73 Å². The van der Waals surface area contributed by atoms with Crippen LogP contribution in [-0.2, 0) is 9.53 Å². The third-order valence-electron chi connectivity index (χ3n) is 1.64. The fraction of sp³-hybridized carbons (Fsp3) is 0.889. The molecule has 0 heterocycles. The summed E-state index contributed by atoms with van der Waals surface area (Å²) in [6.07, 6.45) is 0. The maximum absolute atomic E-state index is 11.4. The third-order valence-corrected chi connectivity index (χ3v) is 2.79. The number of amides is 1. The van der Waals surface area contributed by atoms with Crippen LogP contribution in [0.2, 0.25) is 0 Å². The van der Waals surface area contributed by atoms with Gasteiger partial charge in [0.05, 0.1) is 6.61 Å². The van der Waals surface area contributed by atoms with Crippen LogP contribution in [0.4, 0.5) is 0 Å². The van der Waals surface area contributed by atoms with Gasteiger partial charge in [-0.15, -0.1) is 0 Å². The largest absolute Gasteiger partial charge is 0.383 e.